The van der Waals surface area contributed by atoms with E-state index in [4.69, 9.17) is 4.42 Å². The van der Waals surface area contributed by atoms with E-state index in [9.17, 15) is 5.11 Å². The standard InChI is InChI=1S/C12H8O2/c13-12-6-5-10-9-4-2-1-3-8(9)7-11(10)14-12/h1-7,13H. The summed E-state index contributed by atoms with van der Waals surface area (Å²) in [5.41, 5.74) is 1.04. The fourth-order valence-electron chi connectivity index (χ4n) is 1.78. The van der Waals surface area contributed by atoms with Crippen molar-refractivity contribution in [3.05, 3.63) is 42.5 Å². The molecular formula is C12H8O2. The fourth-order valence-corrected chi connectivity index (χ4v) is 1.78. The molecule has 0 atom stereocenters. The normalized spacial score (nSPS) is 11.1. The minimum atomic E-state index is -0.0483. The van der Waals surface area contributed by atoms with Crippen LogP contribution in [0.4, 0.5) is 0 Å². The van der Waals surface area contributed by atoms with Crippen molar-refractivity contribution in [3.63, 3.8) is 0 Å². The molecule has 0 radical (unpaired) electrons. The first-order valence-corrected chi connectivity index (χ1v) is 4.45. The Labute approximate surface area is 80.7 Å². The zero-order valence-electron chi connectivity index (χ0n) is 7.40. The van der Waals surface area contributed by atoms with Gasteiger partial charge < -0.3 is 9.52 Å². The van der Waals surface area contributed by atoms with Crippen molar-refractivity contribution in [1.29, 1.82) is 0 Å². The Morgan fingerprint density at radius 3 is 2.79 bits per heavy atom. The molecule has 2 heteroatoms. The summed E-state index contributed by atoms with van der Waals surface area (Å²) in [6.45, 7) is 0. The lowest BCUT2D eigenvalue weighted by Crippen LogP contribution is -1.72. The molecule has 1 aromatic rings. The van der Waals surface area contributed by atoms with Crippen LogP contribution in [-0.4, -0.2) is 5.11 Å². The van der Waals surface area contributed by atoms with Gasteiger partial charge in [-0.3, -0.25) is 0 Å². The van der Waals surface area contributed by atoms with E-state index in [1.165, 1.54) is 0 Å². The van der Waals surface area contributed by atoms with E-state index in [2.05, 4.69) is 0 Å². The second-order valence-electron chi connectivity index (χ2n) is 3.28. The van der Waals surface area contributed by atoms with Gasteiger partial charge >= 0.3 is 0 Å². The maximum absolute atomic E-state index is 9.19. The van der Waals surface area contributed by atoms with Gasteiger partial charge in [-0.1, -0.05) is 24.3 Å². The lowest BCUT2D eigenvalue weighted by atomic mass is 10.1. The number of fused-ring (bicyclic) bond motifs is 3. The largest absolute Gasteiger partial charge is 0.481 e. The molecule has 1 heterocycles. The van der Waals surface area contributed by atoms with Gasteiger partial charge in [0.25, 0.3) is 5.95 Å². The number of rotatable bonds is 0. The van der Waals surface area contributed by atoms with E-state index in [0.717, 1.165) is 22.1 Å². The molecule has 0 amide bonds. The number of hydrogen-bond acceptors (Lipinski definition) is 2. The van der Waals surface area contributed by atoms with Crippen LogP contribution in [0, 0.1) is 0 Å². The Morgan fingerprint density at radius 1 is 1.00 bits per heavy atom. The Bertz CT molecular complexity index is 566. The van der Waals surface area contributed by atoms with Gasteiger partial charge in [0, 0.05) is 11.6 Å². The summed E-state index contributed by atoms with van der Waals surface area (Å²) in [5, 5.41) is 11.5. The zero-order valence-corrected chi connectivity index (χ0v) is 7.40. The Hall–Kier alpha value is -1.96. The molecule has 0 spiro atoms. The first-order valence-electron chi connectivity index (χ1n) is 4.45. The molecule has 1 aliphatic carbocycles. The van der Waals surface area contributed by atoms with Crippen LogP contribution in [0.15, 0.2) is 46.9 Å². The predicted molar refractivity (Wildman–Crippen MR) is 54.5 cm³/mol. The topological polar surface area (TPSA) is 33.4 Å². The SMILES string of the molecule is Oc1ccc2c3ccccc3cc-2o1. The van der Waals surface area contributed by atoms with Crippen LogP contribution in [0.3, 0.4) is 0 Å². The molecule has 14 heavy (non-hydrogen) atoms. The maximum Gasteiger partial charge on any atom is 0.282 e. The van der Waals surface area contributed by atoms with Crippen molar-refractivity contribution in [3.8, 4) is 17.3 Å². The van der Waals surface area contributed by atoms with Gasteiger partial charge in [-0.25, -0.2) is 0 Å². The van der Waals surface area contributed by atoms with Crippen molar-refractivity contribution in [2.75, 3.05) is 0 Å². The Balaban J connectivity index is 2.50. The van der Waals surface area contributed by atoms with Crippen molar-refractivity contribution in [2.45, 2.75) is 0 Å². The van der Waals surface area contributed by atoms with Crippen molar-refractivity contribution in [2.24, 2.45) is 0 Å². The summed E-state index contributed by atoms with van der Waals surface area (Å²) in [7, 11) is 0. The molecule has 0 saturated carbocycles. The van der Waals surface area contributed by atoms with Crippen molar-refractivity contribution < 1.29 is 9.52 Å². The van der Waals surface area contributed by atoms with Crippen molar-refractivity contribution in [1.82, 2.24) is 0 Å². The molecule has 1 aliphatic heterocycles. The minimum Gasteiger partial charge on any atom is -0.481 e. The summed E-state index contributed by atoms with van der Waals surface area (Å²) < 4.78 is 5.20. The van der Waals surface area contributed by atoms with Crippen LogP contribution in [0.2, 0.25) is 0 Å². The molecular weight excluding hydrogens is 176 g/mol. The highest BCUT2D eigenvalue weighted by molar-refractivity contribution is 6.00. The van der Waals surface area contributed by atoms with Gasteiger partial charge in [-0.05, 0) is 22.9 Å². The monoisotopic (exact) mass is 184 g/mol. The maximum atomic E-state index is 9.19. The Morgan fingerprint density at radius 2 is 1.86 bits per heavy atom. The number of benzene rings is 1. The van der Waals surface area contributed by atoms with Gasteiger partial charge in [-0.15, -0.1) is 0 Å². The van der Waals surface area contributed by atoms with Gasteiger partial charge in [0.05, 0.1) is 0 Å². The molecule has 3 rings (SSSR count). The van der Waals surface area contributed by atoms with Gasteiger partial charge in [-0.2, -0.15) is 0 Å². The molecule has 0 saturated heterocycles. The summed E-state index contributed by atoms with van der Waals surface area (Å²) in [4.78, 5) is 0. The summed E-state index contributed by atoms with van der Waals surface area (Å²) in [6, 6.07) is 13.4. The number of hydrogen-bond donors (Lipinski definition) is 1. The average Bonchev–Trinajstić information content (AvgIpc) is 2.54. The van der Waals surface area contributed by atoms with E-state index in [0.29, 0.717) is 0 Å². The fraction of sp³-hybridized carbons (Fsp3) is 0. The molecule has 1 aromatic carbocycles. The number of aromatic hydroxyl groups is 1. The molecule has 68 valence electrons. The first kappa shape index (κ1) is 7.44. The summed E-state index contributed by atoms with van der Waals surface area (Å²) >= 11 is 0. The minimum absolute atomic E-state index is 0.0483. The molecule has 1 N–H and O–H groups in total. The summed E-state index contributed by atoms with van der Waals surface area (Å²) in [5.74, 6) is 0.680. The lowest BCUT2D eigenvalue weighted by Gasteiger charge is -1.98. The van der Waals surface area contributed by atoms with Crippen LogP contribution in [-0.2, 0) is 0 Å². The van der Waals surface area contributed by atoms with Crippen LogP contribution in [0.5, 0.6) is 5.95 Å². The summed E-state index contributed by atoms with van der Waals surface area (Å²) in [6.07, 6.45) is 0. The van der Waals surface area contributed by atoms with Gasteiger partial charge in [0.15, 0.2) is 0 Å². The highest BCUT2D eigenvalue weighted by Gasteiger charge is 2.11. The lowest BCUT2D eigenvalue weighted by molar-refractivity contribution is 0.329. The molecule has 2 aliphatic rings. The smallest absolute Gasteiger partial charge is 0.282 e. The molecule has 0 fully saturated rings. The predicted octanol–water partition coefficient (Wildman–Crippen LogP) is 3.24. The molecule has 0 aromatic heterocycles. The molecule has 0 unspecified atom stereocenters. The van der Waals surface area contributed by atoms with E-state index in [-0.39, 0.29) is 5.95 Å². The molecule has 0 bridgehead atoms. The van der Waals surface area contributed by atoms with Crippen LogP contribution in [0.1, 0.15) is 0 Å². The van der Waals surface area contributed by atoms with Crippen molar-refractivity contribution >= 4 is 10.8 Å². The van der Waals surface area contributed by atoms with Gasteiger partial charge in [0.2, 0.25) is 0 Å². The highest BCUT2D eigenvalue weighted by atomic mass is 16.5. The van der Waals surface area contributed by atoms with E-state index < -0.39 is 0 Å². The van der Waals surface area contributed by atoms with Gasteiger partial charge in [0.1, 0.15) is 5.76 Å². The van der Waals surface area contributed by atoms with E-state index in [1.807, 2.05) is 36.4 Å². The zero-order chi connectivity index (χ0) is 9.54. The average molecular weight is 184 g/mol. The second kappa shape index (κ2) is 2.51. The highest BCUT2D eigenvalue weighted by Crippen LogP contribution is 2.35. The van der Waals surface area contributed by atoms with Crippen LogP contribution >= 0.6 is 0 Å². The second-order valence-corrected chi connectivity index (χ2v) is 3.28. The van der Waals surface area contributed by atoms with Crippen LogP contribution < -0.4 is 0 Å². The van der Waals surface area contributed by atoms with E-state index in [1.54, 1.807) is 6.07 Å². The third-order valence-corrected chi connectivity index (χ3v) is 2.41. The quantitative estimate of drug-likeness (QED) is 0.581. The molecule has 2 nitrogen and oxygen atoms in total. The Kier molecular flexibility index (Phi) is 1.34. The van der Waals surface area contributed by atoms with E-state index >= 15 is 0 Å². The third kappa shape index (κ3) is 0.909. The van der Waals surface area contributed by atoms with Crippen LogP contribution in [0.25, 0.3) is 22.1 Å². The first-order chi connectivity index (χ1) is 6.84. The third-order valence-electron chi connectivity index (χ3n) is 2.41.